The Morgan fingerprint density at radius 3 is 2.70 bits per heavy atom. The van der Waals surface area contributed by atoms with E-state index < -0.39 is 10.0 Å². The maximum absolute atomic E-state index is 12.3. The number of anilines is 2. The smallest absolute Gasteiger partial charge is 0.263 e. The first-order chi connectivity index (χ1) is 9.40. The van der Waals surface area contributed by atoms with Gasteiger partial charge in [-0.05, 0) is 37.1 Å². The molecule has 0 saturated carbocycles. The Balaban J connectivity index is 2.25. The highest BCUT2D eigenvalue weighted by Crippen LogP contribution is 2.19. The third-order valence-corrected chi connectivity index (χ3v) is 4.11. The van der Waals surface area contributed by atoms with Crippen LogP contribution in [0.5, 0.6) is 0 Å². The number of hydrogen-bond donors (Lipinski definition) is 3. The van der Waals surface area contributed by atoms with Gasteiger partial charge in [-0.3, -0.25) is 9.82 Å². The van der Waals surface area contributed by atoms with Gasteiger partial charge in [0.05, 0.1) is 4.90 Å². The summed E-state index contributed by atoms with van der Waals surface area (Å²) in [7, 11) is -3.67. The van der Waals surface area contributed by atoms with Crippen molar-refractivity contribution in [2.45, 2.75) is 31.6 Å². The van der Waals surface area contributed by atoms with E-state index in [9.17, 15) is 8.42 Å². The van der Waals surface area contributed by atoms with Crippen LogP contribution in [0.4, 0.5) is 11.5 Å². The minimum Gasteiger partial charge on any atom is -0.399 e. The molecule has 0 fully saturated rings. The van der Waals surface area contributed by atoms with Crippen LogP contribution in [0.1, 0.15) is 24.6 Å². The van der Waals surface area contributed by atoms with Gasteiger partial charge in [0.25, 0.3) is 10.0 Å². The van der Waals surface area contributed by atoms with Crippen molar-refractivity contribution in [2.75, 3.05) is 10.5 Å². The molecule has 6 nitrogen and oxygen atoms in total. The zero-order chi connectivity index (χ0) is 14.8. The van der Waals surface area contributed by atoms with Gasteiger partial charge in [0.1, 0.15) is 0 Å². The Morgan fingerprint density at radius 2 is 2.05 bits per heavy atom. The Morgan fingerprint density at radius 1 is 1.30 bits per heavy atom. The van der Waals surface area contributed by atoms with E-state index in [1.165, 1.54) is 6.07 Å². The van der Waals surface area contributed by atoms with Gasteiger partial charge in [0.15, 0.2) is 5.82 Å². The largest absolute Gasteiger partial charge is 0.399 e. The number of nitrogens with zero attached hydrogens (tertiary/aromatic N) is 1. The molecule has 2 aromatic rings. The molecule has 7 heteroatoms. The standard InChI is InChI=1S/C13H18N4O2S/c1-3-4-11-8-13(16-15-11)17-20(18,19)12-6-9(2)5-10(14)7-12/h5-8H,3-4,14H2,1-2H3,(H2,15,16,17). The normalized spacial score (nSPS) is 11.5. The molecule has 0 spiro atoms. The van der Waals surface area contributed by atoms with Crippen LogP contribution in [-0.2, 0) is 16.4 Å². The van der Waals surface area contributed by atoms with Gasteiger partial charge in [-0.1, -0.05) is 13.3 Å². The van der Waals surface area contributed by atoms with E-state index in [0.29, 0.717) is 5.69 Å². The van der Waals surface area contributed by atoms with Crippen molar-refractivity contribution >= 4 is 21.5 Å². The number of aromatic nitrogens is 2. The topological polar surface area (TPSA) is 101 Å². The molecule has 1 aromatic heterocycles. The second-order valence-electron chi connectivity index (χ2n) is 4.71. The monoisotopic (exact) mass is 294 g/mol. The highest BCUT2D eigenvalue weighted by molar-refractivity contribution is 7.92. The lowest BCUT2D eigenvalue weighted by Gasteiger charge is -2.07. The summed E-state index contributed by atoms with van der Waals surface area (Å²) in [5, 5.41) is 6.75. The first kappa shape index (κ1) is 14.4. The number of sulfonamides is 1. The van der Waals surface area contributed by atoms with Gasteiger partial charge in [-0.2, -0.15) is 5.10 Å². The molecule has 4 N–H and O–H groups in total. The zero-order valence-corrected chi connectivity index (χ0v) is 12.3. The predicted octanol–water partition coefficient (Wildman–Crippen LogP) is 2.05. The summed E-state index contributed by atoms with van der Waals surface area (Å²) in [6, 6.07) is 6.40. The molecule has 0 radical (unpaired) electrons. The van der Waals surface area contributed by atoms with Crippen molar-refractivity contribution in [1.82, 2.24) is 10.2 Å². The number of hydrogen-bond acceptors (Lipinski definition) is 4. The molecule has 0 aliphatic heterocycles. The molecule has 0 saturated heterocycles. The number of benzene rings is 1. The molecule has 20 heavy (non-hydrogen) atoms. The van der Waals surface area contributed by atoms with Crippen LogP contribution in [0.3, 0.4) is 0 Å². The van der Waals surface area contributed by atoms with E-state index in [1.54, 1.807) is 25.1 Å². The third kappa shape index (κ3) is 3.30. The van der Waals surface area contributed by atoms with Crippen LogP contribution in [0.2, 0.25) is 0 Å². The minimum atomic E-state index is -3.67. The predicted molar refractivity (Wildman–Crippen MR) is 79.0 cm³/mol. The number of nitrogens with two attached hydrogens (primary N) is 1. The Hall–Kier alpha value is -2.02. The maximum atomic E-state index is 12.3. The number of nitrogen functional groups attached to an aromatic ring is 1. The molecule has 2 rings (SSSR count). The number of aryl methyl sites for hydroxylation is 2. The maximum Gasteiger partial charge on any atom is 0.263 e. The summed E-state index contributed by atoms with van der Waals surface area (Å²) in [4.78, 5) is 0.134. The molecule has 0 aliphatic rings. The molecule has 1 aromatic carbocycles. The fourth-order valence-electron chi connectivity index (χ4n) is 1.94. The summed E-state index contributed by atoms with van der Waals surface area (Å²) in [5.74, 6) is 0.286. The quantitative estimate of drug-likeness (QED) is 0.735. The lowest BCUT2D eigenvalue weighted by Crippen LogP contribution is -2.13. The van der Waals surface area contributed by atoms with E-state index in [0.717, 1.165) is 24.1 Å². The van der Waals surface area contributed by atoms with E-state index >= 15 is 0 Å². The van der Waals surface area contributed by atoms with Crippen molar-refractivity contribution in [3.8, 4) is 0 Å². The van der Waals surface area contributed by atoms with Crippen molar-refractivity contribution in [3.05, 3.63) is 35.5 Å². The first-order valence-electron chi connectivity index (χ1n) is 6.35. The van der Waals surface area contributed by atoms with Crippen molar-refractivity contribution in [1.29, 1.82) is 0 Å². The van der Waals surface area contributed by atoms with Crippen LogP contribution in [-0.4, -0.2) is 18.6 Å². The van der Waals surface area contributed by atoms with E-state index in [-0.39, 0.29) is 10.7 Å². The molecular formula is C13H18N4O2S. The molecule has 0 unspecified atom stereocenters. The lowest BCUT2D eigenvalue weighted by molar-refractivity contribution is 0.601. The van der Waals surface area contributed by atoms with E-state index in [2.05, 4.69) is 14.9 Å². The summed E-state index contributed by atoms with van der Waals surface area (Å²) < 4.78 is 26.9. The molecule has 0 bridgehead atoms. The van der Waals surface area contributed by atoms with Crippen LogP contribution in [0.15, 0.2) is 29.2 Å². The van der Waals surface area contributed by atoms with Crippen molar-refractivity contribution in [2.24, 2.45) is 0 Å². The zero-order valence-electron chi connectivity index (χ0n) is 11.5. The minimum absolute atomic E-state index is 0.134. The molecule has 1 heterocycles. The van der Waals surface area contributed by atoms with Crippen molar-refractivity contribution in [3.63, 3.8) is 0 Å². The third-order valence-electron chi connectivity index (χ3n) is 2.77. The lowest BCUT2D eigenvalue weighted by atomic mass is 10.2. The summed E-state index contributed by atoms with van der Waals surface area (Å²) in [6.45, 7) is 3.84. The molecule has 0 aliphatic carbocycles. The Kier molecular flexibility index (Phi) is 3.99. The number of nitrogens with one attached hydrogen (secondary N) is 2. The first-order valence-corrected chi connectivity index (χ1v) is 7.83. The van der Waals surface area contributed by atoms with Crippen LogP contribution in [0.25, 0.3) is 0 Å². The van der Waals surface area contributed by atoms with Gasteiger partial charge in [-0.25, -0.2) is 8.42 Å². The van der Waals surface area contributed by atoms with Gasteiger partial charge in [0.2, 0.25) is 0 Å². The van der Waals surface area contributed by atoms with Gasteiger partial charge < -0.3 is 5.73 Å². The molecule has 0 amide bonds. The summed E-state index contributed by atoms with van der Waals surface area (Å²) in [5.41, 5.74) is 7.78. The average molecular weight is 294 g/mol. The number of aromatic amines is 1. The molecule has 0 atom stereocenters. The van der Waals surface area contributed by atoms with Crippen LogP contribution >= 0.6 is 0 Å². The second-order valence-corrected chi connectivity index (χ2v) is 6.40. The fourth-order valence-corrected chi connectivity index (χ4v) is 3.07. The van der Waals surface area contributed by atoms with Gasteiger partial charge in [-0.15, -0.1) is 0 Å². The Labute approximate surface area is 118 Å². The van der Waals surface area contributed by atoms with Crippen LogP contribution in [0, 0.1) is 6.92 Å². The van der Waals surface area contributed by atoms with Crippen LogP contribution < -0.4 is 10.5 Å². The highest BCUT2D eigenvalue weighted by atomic mass is 32.2. The van der Waals surface area contributed by atoms with E-state index in [1.807, 2.05) is 6.92 Å². The SMILES string of the molecule is CCCc1cc(NS(=O)(=O)c2cc(C)cc(N)c2)n[nH]1. The summed E-state index contributed by atoms with van der Waals surface area (Å²) >= 11 is 0. The average Bonchev–Trinajstić information content (AvgIpc) is 2.75. The van der Waals surface area contributed by atoms with E-state index in [4.69, 9.17) is 5.73 Å². The number of H-pyrrole nitrogens is 1. The highest BCUT2D eigenvalue weighted by Gasteiger charge is 2.16. The van der Waals surface area contributed by atoms with Gasteiger partial charge >= 0.3 is 0 Å². The molecular weight excluding hydrogens is 276 g/mol. The summed E-state index contributed by atoms with van der Waals surface area (Å²) in [6.07, 6.45) is 1.79. The Bertz CT molecular complexity index is 687. The van der Waals surface area contributed by atoms with Crippen molar-refractivity contribution < 1.29 is 8.42 Å². The van der Waals surface area contributed by atoms with Gasteiger partial charge in [0, 0.05) is 17.4 Å². The fraction of sp³-hybridized carbons (Fsp3) is 0.308. The molecule has 108 valence electrons. The number of rotatable bonds is 5. The second kappa shape index (κ2) is 5.54.